The van der Waals surface area contributed by atoms with Crippen LogP contribution in [0.5, 0.6) is 5.75 Å². The van der Waals surface area contributed by atoms with Crippen LogP contribution >= 0.6 is 23.4 Å². The molecule has 0 atom stereocenters. The lowest BCUT2D eigenvalue weighted by molar-refractivity contribution is 0.203. The summed E-state index contributed by atoms with van der Waals surface area (Å²) in [7, 11) is -3.11. The Balaban J connectivity index is 1.67. The van der Waals surface area contributed by atoms with Gasteiger partial charge in [0.15, 0.2) is 5.16 Å². The van der Waals surface area contributed by atoms with E-state index in [1.165, 1.54) is 37.1 Å². The van der Waals surface area contributed by atoms with Gasteiger partial charge in [0.05, 0.1) is 24.0 Å². The molecule has 0 radical (unpaired) electrons. The highest BCUT2D eigenvalue weighted by atomic mass is 35.5. The molecule has 13 heteroatoms. The molecule has 1 heterocycles. The van der Waals surface area contributed by atoms with Crippen molar-refractivity contribution < 1.29 is 30.9 Å². The van der Waals surface area contributed by atoms with Gasteiger partial charge in [0.1, 0.15) is 22.3 Å². The van der Waals surface area contributed by atoms with Crippen LogP contribution < -0.4 is 10.1 Å². The molecule has 0 saturated carbocycles. The normalized spacial score (nSPS) is 11.8. The monoisotopic (exact) mass is 635 g/mol. The van der Waals surface area contributed by atoms with E-state index in [4.69, 9.17) is 16.3 Å². The Bertz CT molecular complexity index is 1710. The Kier molecular flexibility index (Phi) is 9.49. The number of hydrogen-bond donors (Lipinski definition) is 1. The predicted octanol–water partition coefficient (Wildman–Crippen LogP) is 6.87. The largest absolute Gasteiger partial charge is 0.495 e. The molecule has 1 aromatic heterocycles. The average Bonchev–Trinajstić information content (AvgIpc) is 3.37. The predicted molar refractivity (Wildman–Crippen MR) is 157 cm³/mol. The first-order valence-electron chi connectivity index (χ1n) is 12.7. The Morgan fingerprint density at radius 1 is 1.10 bits per heavy atom. The summed E-state index contributed by atoms with van der Waals surface area (Å²) in [6.45, 7) is 5.76. The molecule has 222 valence electrons. The molecule has 0 aliphatic carbocycles. The van der Waals surface area contributed by atoms with Crippen LogP contribution in [0.15, 0.2) is 76.9 Å². The van der Waals surface area contributed by atoms with Gasteiger partial charge in [0, 0.05) is 23.4 Å². The van der Waals surface area contributed by atoms with E-state index in [0.717, 1.165) is 23.4 Å². The first-order chi connectivity index (χ1) is 19.9. The summed E-state index contributed by atoms with van der Waals surface area (Å²) >= 11 is 7.53. The van der Waals surface area contributed by atoms with Crippen molar-refractivity contribution in [3.63, 3.8) is 0 Å². The van der Waals surface area contributed by atoms with Gasteiger partial charge in [0.2, 0.25) is 0 Å². The molecule has 0 unspecified atom stereocenters. The maximum Gasteiger partial charge on any atom is 0.423 e. The zero-order valence-corrected chi connectivity index (χ0v) is 25.5. The van der Waals surface area contributed by atoms with E-state index in [1.807, 2.05) is 30.5 Å². The number of ether oxygens (including phenoxy) is 1. The van der Waals surface area contributed by atoms with Crippen LogP contribution in [0.2, 0.25) is 5.02 Å². The van der Waals surface area contributed by atoms with Crippen molar-refractivity contribution in [3.05, 3.63) is 100 Å². The maximum atomic E-state index is 14.9. The fourth-order valence-corrected chi connectivity index (χ4v) is 6.23. The van der Waals surface area contributed by atoms with E-state index in [-0.39, 0.29) is 12.3 Å². The van der Waals surface area contributed by atoms with Crippen LogP contribution in [0.1, 0.15) is 37.6 Å². The molecule has 8 nitrogen and oxygen atoms in total. The molecule has 0 fully saturated rings. The molecular formula is C29H28ClF2N3O5S2. The van der Waals surface area contributed by atoms with E-state index in [2.05, 4.69) is 14.5 Å². The molecule has 1 amide bonds. The fraction of sp³-hybridized carbons (Fsp3) is 0.241. The van der Waals surface area contributed by atoms with Gasteiger partial charge in [-0.3, -0.25) is 4.57 Å². The van der Waals surface area contributed by atoms with Crippen LogP contribution in [-0.4, -0.2) is 37.7 Å². The number of thioether (sulfide) groups is 1. The van der Waals surface area contributed by atoms with Gasteiger partial charge in [-0.1, -0.05) is 49.3 Å². The number of halogens is 3. The lowest BCUT2D eigenvalue weighted by Gasteiger charge is -2.28. The summed E-state index contributed by atoms with van der Waals surface area (Å²) in [6.07, 6.45) is 0.529. The Morgan fingerprint density at radius 3 is 2.45 bits per heavy atom. The Hall–Kier alpha value is -3.61. The molecule has 0 saturated heterocycles. The molecule has 0 spiro atoms. The number of rotatable bonds is 10. The summed E-state index contributed by atoms with van der Waals surface area (Å²) in [5.74, 6) is -0.703. The van der Waals surface area contributed by atoms with E-state index >= 15 is 0 Å². The van der Waals surface area contributed by atoms with Crippen LogP contribution in [0.4, 0.5) is 13.6 Å². The summed E-state index contributed by atoms with van der Waals surface area (Å²) in [6, 6.07) is 15.0. The minimum absolute atomic E-state index is 0.146. The lowest BCUT2D eigenvalue weighted by atomic mass is 9.81. The van der Waals surface area contributed by atoms with Gasteiger partial charge in [0.25, 0.3) is 0 Å². The molecule has 3 aromatic carbocycles. The number of methoxy groups -OCH3 is 1. The van der Waals surface area contributed by atoms with Crippen molar-refractivity contribution in [1.29, 1.82) is 0 Å². The number of hydrogen-bond acceptors (Lipinski definition) is 7. The average molecular weight is 636 g/mol. The third-order valence-electron chi connectivity index (χ3n) is 6.47. The first-order valence-corrected chi connectivity index (χ1v) is 15.5. The van der Waals surface area contributed by atoms with E-state index < -0.39 is 38.2 Å². The number of amides is 1. The second-order valence-corrected chi connectivity index (χ2v) is 12.5. The minimum atomic E-state index is -4.65. The van der Waals surface area contributed by atoms with Crippen molar-refractivity contribution in [2.24, 2.45) is 0 Å². The summed E-state index contributed by atoms with van der Waals surface area (Å²) in [5.41, 5.74) is 2.21. The second kappa shape index (κ2) is 12.7. The first kappa shape index (κ1) is 31.3. The molecule has 4 aromatic rings. The number of nitrogens with zero attached hydrogens (tertiary/aromatic N) is 2. The fourth-order valence-electron chi connectivity index (χ4n) is 4.22. The van der Waals surface area contributed by atoms with E-state index in [0.29, 0.717) is 27.2 Å². The number of nitrogens with one attached hydrogen (secondary N) is 1. The summed E-state index contributed by atoms with van der Waals surface area (Å²) in [4.78, 5) is 15.4. The molecule has 0 aliphatic heterocycles. The zero-order chi connectivity index (χ0) is 30.7. The van der Waals surface area contributed by atoms with Gasteiger partial charge in [-0.25, -0.2) is 18.6 Å². The third kappa shape index (κ3) is 6.71. The molecule has 0 aliphatic rings. The Morgan fingerprint density at radius 2 is 1.81 bits per heavy atom. The van der Waals surface area contributed by atoms with Crippen LogP contribution in [0.25, 0.3) is 5.69 Å². The van der Waals surface area contributed by atoms with Crippen molar-refractivity contribution in [2.75, 3.05) is 13.7 Å². The third-order valence-corrected chi connectivity index (χ3v) is 9.04. The number of carbonyl (C=O) groups is 1. The standard InChI is InChI=1S/C29H28ClF2N3O5S2/c1-5-33-28(36)40-42(37,38)25-13-6-18(14-23(25)32)17-41-27-34-16-26(35(27)21-10-8-20(31)9-11-21)29(2,3)19-7-12-22(30)24(15-19)39-4/h6-16H,5,17H2,1-4H3,(H,33,36). The lowest BCUT2D eigenvalue weighted by Crippen LogP contribution is -2.26. The van der Waals surface area contributed by atoms with Crippen LogP contribution in [-0.2, 0) is 25.5 Å². The quantitative estimate of drug-likeness (QED) is 0.150. The van der Waals surface area contributed by atoms with Crippen molar-refractivity contribution >= 4 is 39.6 Å². The molecule has 4 rings (SSSR count). The van der Waals surface area contributed by atoms with Crippen molar-refractivity contribution in [1.82, 2.24) is 14.9 Å². The van der Waals surface area contributed by atoms with Crippen LogP contribution in [0.3, 0.4) is 0 Å². The highest BCUT2D eigenvalue weighted by molar-refractivity contribution is 7.98. The maximum absolute atomic E-state index is 14.9. The number of benzene rings is 3. The van der Waals surface area contributed by atoms with Gasteiger partial charge in [-0.05, 0) is 66.6 Å². The van der Waals surface area contributed by atoms with Crippen LogP contribution in [0, 0.1) is 11.6 Å². The van der Waals surface area contributed by atoms with E-state index in [9.17, 15) is 22.0 Å². The highest BCUT2D eigenvalue weighted by Gasteiger charge is 2.30. The summed E-state index contributed by atoms with van der Waals surface area (Å²) < 4.78 is 65.1. The molecular weight excluding hydrogens is 608 g/mol. The van der Waals surface area contributed by atoms with Crippen molar-refractivity contribution in [2.45, 2.75) is 42.0 Å². The highest BCUT2D eigenvalue weighted by Crippen LogP contribution is 2.39. The van der Waals surface area contributed by atoms with E-state index in [1.54, 1.807) is 31.3 Å². The minimum Gasteiger partial charge on any atom is -0.495 e. The second-order valence-electron chi connectivity index (χ2n) is 9.62. The SMILES string of the molecule is CCNC(=O)OS(=O)(=O)c1ccc(CSc2ncc(C(C)(C)c3ccc(Cl)c(OC)c3)n2-c2ccc(F)cc2)cc1F. The zero-order valence-electron chi connectivity index (χ0n) is 23.2. The van der Waals surface area contributed by atoms with Gasteiger partial charge < -0.3 is 14.2 Å². The summed E-state index contributed by atoms with van der Waals surface area (Å²) in [5, 5.41) is 3.20. The number of imidazole rings is 1. The molecule has 42 heavy (non-hydrogen) atoms. The van der Waals surface area contributed by atoms with Gasteiger partial charge in [-0.15, -0.1) is 0 Å². The van der Waals surface area contributed by atoms with Crippen molar-refractivity contribution in [3.8, 4) is 11.4 Å². The number of carbonyl (C=O) groups excluding carboxylic acids is 1. The van der Waals surface area contributed by atoms with Gasteiger partial charge >= 0.3 is 16.2 Å². The topological polar surface area (TPSA) is 99.5 Å². The molecule has 1 N–H and O–H groups in total. The number of aromatic nitrogens is 2. The Labute approximate surface area is 252 Å². The smallest absolute Gasteiger partial charge is 0.423 e. The van der Waals surface area contributed by atoms with Gasteiger partial charge in [-0.2, -0.15) is 8.42 Å². The molecule has 0 bridgehead atoms.